The molecule has 1 unspecified atom stereocenters. The van der Waals surface area contributed by atoms with Gasteiger partial charge in [-0.2, -0.15) is 13.2 Å². The Morgan fingerprint density at radius 3 is 2.38 bits per heavy atom. The molecule has 16 heavy (non-hydrogen) atoms. The van der Waals surface area contributed by atoms with Crippen LogP contribution >= 0.6 is 0 Å². The van der Waals surface area contributed by atoms with Crippen molar-refractivity contribution in [2.24, 2.45) is 11.7 Å². The second kappa shape index (κ2) is 7.83. The van der Waals surface area contributed by atoms with E-state index in [-0.39, 0.29) is 19.7 Å². The molecule has 0 aliphatic heterocycles. The zero-order valence-electron chi connectivity index (χ0n) is 9.33. The maximum absolute atomic E-state index is 12.4. The number of aliphatic hydroxyl groups excluding tert-OH is 1. The molecule has 0 aromatic heterocycles. The van der Waals surface area contributed by atoms with Crippen LogP contribution in [-0.2, 0) is 4.74 Å². The summed E-state index contributed by atoms with van der Waals surface area (Å²) in [6.45, 7) is 0.0376. The first-order valence-electron chi connectivity index (χ1n) is 5.04. The van der Waals surface area contributed by atoms with Gasteiger partial charge in [0.1, 0.15) is 0 Å². The number of nitrogens with two attached hydrogens (primary N) is 1. The van der Waals surface area contributed by atoms with Crippen molar-refractivity contribution in [3.63, 3.8) is 0 Å². The fourth-order valence-electron chi connectivity index (χ4n) is 1.28. The quantitative estimate of drug-likeness (QED) is 0.634. The van der Waals surface area contributed by atoms with E-state index in [2.05, 4.69) is 0 Å². The molecule has 98 valence electrons. The second-order valence-corrected chi connectivity index (χ2v) is 3.49. The maximum atomic E-state index is 12.4. The third-order valence-electron chi connectivity index (χ3n) is 2.25. The Morgan fingerprint density at radius 2 is 2.00 bits per heavy atom. The number of halogens is 3. The van der Waals surface area contributed by atoms with E-state index in [1.54, 1.807) is 0 Å². The van der Waals surface area contributed by atoms with Crippen molar-refractivity contribution in [3.8, 4) is 0 Å². The summed E-state index contributed by atoms with van der Waals surface area (Å²) in [6, 6.07) is 0. The van der Waals surface area contributed by atoms with Crippen LogP contribution in [-0.4, -0.2) is 62.7 Å². The zero-order chi connectivity index (χ0) is 12.6. The van der Waals surface area contributed by atoms with E-state index in [0.717, 1.165) is 0 Å². The molecule has 0 aliphatic carbocycles. The minimum absolute atomic E-state index is 0.182. The Labute approximate surface area is 93.2 Å². The highest BCUT2D eigenvalue weighted by Crippen LogP contribution is 2.25. The van der Waals surface area contributed by atoms with Crippen LogP contribution in [0.25, 0.3) is 0 Å². The van der Waals surface area contributed by atoms with Gasteiger partial charge in [-0.25, -0.2) is 0 Å². The maximum Gasteiger partial charge on any atom is 0.394 e. The summed E-state index contributed by atoms with van der Waals surface area (Å²) in [7, 11) is 1.47. The summed E-state index contributed by atoms with van der Waals surface area (Å²) < 4.78 is 42.1. The third-order valence-corrected chi connectivity index (χ3v) is 2.25. The predicted octanol–water partition coefficient (Wildman–Crippen LogP) is 0.0643. The number of methoxy groups -OCH3 is 1. The molecular weight excluding hydrogens is 225 g/mol. The molecule has 0 aromatic carbocycles. The summed E-state index contributed by atoms with van der Waals surface area (Å²) in [5.41, 5.74) is 5.09. The topological polar surface area (TPSA) is 58.7 Å². The molecule has 0 saturated carbocycles. The Morgan fingerprint density at radius 1 is 1.38 bits per heavy atom. The normalized spacial score (nSPS) is 14.4. The highest BCUT2D eigenvalue weighted by molar-refractivity contribution is 4.73. The lowest BCUT2D eigenvalue weighted by Gasteiger charge is -2.27. The lowest BCUT2D eigenvalue weighted by molar-refractivity contribution is -0.176. The Bertz CT molecular complexity index is 179. The fraction of sp³-hybridized carbons (Fsp3) is 1.00. The number of alkyl halides is 3. The van der Waals surface area contributed by atoms with E-state index in [4.69, 9.17) is 15.6 Å². The lowest BCUT2D eigenvalue weighted by Crippen LogP contribution is -2.43. The molecule has 3 N–H and O–H groups in total. The van der Waals surface area contributed by atoms with Gasteiger partial charge in [0, 0.05) is 33.3 Å². The molecule has 0 fully saturated rings. The summed E-state index contributed by atoms with van der Waals surface area (Å²) >= 11 is 0. The van der Waals surface area contributed by atoms with Crippen molar-refractivity contribution in [2.45, 2.75) is 6.18 Å². The summed E-state index contributed by atoms with van der Waals surface area (Å²) in [5, 5.41) is 8.73. The smallest absolute Gasteiger partial charge is 0.394 e. The van der Waals surface area contributed by atoms with Crippen LogP contribution in [0.1, 0.15) is 0 Å². The van der Waals surface area contributed by atoms with Gasteiger partial charge < -0.3 is 15.6 Å². The van der Waals surface area contributed by atoms with E-state index < -0.39 is 18.6 Å². The average Bonchev–Trinajstić information content (AvgIpc) is 2.20. The van der Waals surface area contributed by atoms with Crippen LogP contribution in [0, 0.1) is 5.92 Å². The molecule has 0 radical (unpaired) electrons. The SMILES string of the molecule is COCCN(CCO)CC(CN)C(F)(F)F. The van der Waals surface area contributed by atoms with Crippen LogP contribution in [0.5, 0.6) is 0 Å². The Hall–Kier alpha value is -0.370. The molecule has 4 nitrogen and oxygen atoms in total. The van der Waals surface area contributed by atoms with Crippen molar-refractivity contribution in [1.29, 1.82) is 0 Å². The van der Waals surface area contributed by atoms with E-state index in [1.807, 2.05) is 0 Å². The Balaban J connectivity index is 4.22. The van der Waals surface area contributed by atoms with E-state index in [1.165, 1.54) is 12.0 Å². The highest BCUT2D eigenvalue weighted by Gasteiger charge is 2.39. The number of hydrogen-bond donors (Lipinski definition) is 2. The van der Waals surface area contributed by atoms with Gasteiger partial charge in [0.05, 0.1) is 19.1 Å². The van der Waals surface area contributed by atoms with E-state index in [0.29, 0.717) is 13.2 Å². The zero-order valence-corrected chi connectivity index (χ0v) is 9.33. The van der Waals surface area contributed by atoms with Crippen molar-refractivity contribution in [3.05, 3.63) is 0 Å². The average molecular weight is 244 g/mol. The first-order valence-corrected chi connectivity index (χ1v) is 5.04. The largest absolute Gasteiger partial charge is 0.395 e. The molecule has 0 rings (SSSR count). The molecule has 0 amide bonds. The second-order valence-electron chi connectivity index (χ2n) is 3.49. The molecule has 1 atom stereocenters. The number of nitrogens with zero attached hydrogens (tertiary/aromatic N) is 1. The van der Waals surface area contributed by atoms with Crippen molar-refractivity contribution >= 4 is 0 Å². The molecule has 0 saturated heterocycles. The van der Waals surface area contributed by atoms with Gasteiger partial charge >= 0.3 is 6.18 Å². The van der Waals surface area contributed by atoms with Crippen LogP contribution in [0.4, 0.5) is 13.2 Å². The van der Waals surface area contributed by atoms with Crippen LogP contribution in [0.3, 0.4) is 0 Å². The van der Waals surface area contributed by atoms with Gasteiger partial charge in [0.25, 0.3) is 0 Å². The number of ether oxygens (including phenoxy) is 1. The van der Waals surface area contributed by atoms with E-state index >= 15 is 0 Å². The first kappa shape index (κ1) is 15.6. The summed E-state index contributed by atoms with van der Waals surface area (Å²) in [5.74, 6) is -1.56. The molecule has 0 spiro atoms. The van der Waals surface area contributed by atoms with Gasteiger partial charge in [-0.05, 0) is 0 Å². The van der Waals surface area contributed by atoms with Gasteiger partial charge in [0.2, 0.25) is 0 Å². The van der Waals surface area contributed by atoms with Gasteiger partial charge in [-0.3, -0.25) is 4.90 Å². The number of aliphatic hydroxyl groups is 1. The fourth-order valence-corrected chi connectivity index (χ4v) is 1.28. The lowest BCUT2D eigenvalue weighted by atomic mass is 10.1. The molecule has 7 heteroatoms. The number of hydrogen-bond acceptors (Lipinski definition) is 4. The molecule has 0 aliphatic rings. The number of rotatable bonds is 8. The first-order chi connectivity index (χ1) is 7.45. The third kappa shape index (κ3) is 6.26. The van der Waals surface area contributed by atoms with Gasteiger partial charge in [-0.1, -0.05) is 0 Å². The molecular formula is C9H19F3N2O2. The van der Waals surface area contributed by atoms with Gasteiger partial charge in [-0.15, -0.1) is 0 Å². The van der Waals surface area contributed by atoms with Crippen LogP contribution in [0.2, 0.25) is 0 Å². The molecule has 0 heterocycles. The molecule has 0 bridgehead atoms. The molecule has 0 aromatic rings. The Kier molecular flexibility index (Phi) is 7.65. The highest BCUT2D eigenvalue weighted by atomic mass is 19.4. The van der Waals surface area contributed by atoms with Crippen LogP contribution in [0.15, 0.2) is 0 Å². The minimum Gasteiger partial charge on any atom is -0.395 e. The summed E-state index contributed by atoms with van der Waals surface area (Å²) in [4.78, 5) is 1.49. The van der Waals surface area contributed by atoms with Crippen molar-refractivity contribution in [2.75, 3.05) is 46.5 Å². The minimum atomic E-state index is -4.30. The van der Waals surface area contributed by atoms with Crippen molar-refractivity contribution < 1.29 is 23.0 Å². The predicted molar refractivity (Wildman–Crippen MR) is 54.0 cm³/mol. The van der Waals surface area contributed by atoms with Crippen LogP contribution < -0.4 is 5.73 Å². The van der Waals surface area contributed by atoms with E-state index in [9.17, 15) is 13.2 Å². The van der Waals surface area contributed by atoms with Crippen molar-refractivity contribution in [1.82, 2.24) is 4.90 Å². The van der Waals surface area contributed by atoms with Gasteiger partial charge in [0.15, 0.2) is 0 Å². The monoisotopic (exact) mass is 244 g/mol. The summed E-state index contributed by atoms with van der Waals surface area (Å²) in [6.07, 6.45) is -4.30. The standard InChI is InChI=1S/C9H19F3N2O2/c1-16-5-3-14(2-4-15)7-8(6-13)9(10,11)12/h8,15H,2-7,13H2,1H3.